The number of hydrogen-bond acceptors (Lipinski definition) is 5. The zero-order chi connectivity index (χ0) is 17.1. The van der Waals surface area contributed by atoms with Crippen molar-refractivity contribution < 1.29 is 24.1 Å². The van der Waals surface area contributed by atoms with Gasteiger partial charge in [-0.05, 0) is 44.0 Å². The Kier molecular flexibility index (Phi) is 9.02. The van der Waals surface area contributed by atoms with Crippen LogP contribution < -0.4 is 4.74 Å². The molecule has 1 N–H and O–H groups in total. The first-order valence-electron chi connectivity index (χ1n) is 7.76. The molecule has 0 amide bonds. The van der Waals surface area contributed by atoms with Crippen LogP contribution in [0.25, 0.3) is 0 Å². The average molecular weight is 322 g/mol. The zero-order valence-corrected chi connectivity index (χ0v) is 14.0. The molecule has 128 valence electrons. The molecule has 0 aromatic heterocycles. The normalized spacial score (nSPS) is 13.7. The summed E-state index contributed by atoms with van der Waals surface area (Å²) in [5.41, 5.74) is 1.03. The van der Waals surface area contributed by atoms with E-state index < -0.39 is 12.1 Å². The van der Waals surface area contributed by atoms with Gasteiger partial charge in [0.15, 0.2) is 0 Å². The van der Waals surface area contributed by atoms with Gasteiger partial charge in [0.25, 0.3) is 0 Å². The van der Waals surface area contributed by atoms with Gasteiger partial charge in [-0.1, -0.05) is 18.2 Å². The first kappa shape index (κ1) is 19.2. The first-order valence-corrected chi connectivity index (χ1v) is 7.76. The van der Waals surface area contributed by atoms with E-state index in [9.17, 15) is 9.90 Å². The number of ether oxygens (including phenoxy) is 3. The minimum atomic E-state index is -0.754. The number of aliphatic hydroxyl groups excluding tert-OH is 1. The van der Waals surface area contributed by atoms with E-state index in [1.165, 1.54) is 0 Å². The van der Waals surface area contributed by atoms with Crippen molar-refractivity contribution in [1.82, 2.24) is 0 Å². The maximum Gasteiger partial charge on any atom is 0.308 e. The molecule has 0 radical (unpaired) electrons. The highest BCUT2D eigenvalue weighted by Crippen LogP contribution is 2.12. The van der Waals surface area contributed by atoms with Crippen LogP contribution in [-0.2, 0) is 20.9 Å². The predicted molar refractivity (Wildman–Crippen MR) is 88.3 cm³/mol. The molecule has 0 aliphatic carbocycles. The van der Waals surface area contributed by atoms with Crippen molar-refractivity contribution in [2.75, 3.05) is 13.7 Å². The van der Waals surface area contributed by atoms with Crippen molar-refractivity contribution in [2.45, 2.75) is 45.5 Å². The monoisotopic (exact) mass is 322 g/mol. The molecule has 0 aliphatic heterocycles. The molecule has 1 aromatic rings. The van der Waals surface area contributed by atoms with Crippen LogP contribution in [0, 0.1) is 0 Å². The smallest absolute Gasteiger partial charge is 0.308 e. The van der Waals surface area contributed by atoms with E-state index in [0.29, 0.717) is 19.6 Å². The Morgan fingerprint density at radius 3 is 2.61 bits per heavy atom. The van der Waals surface area contributed by atoms with Crippen LogP contribution in [-0.4, -0.2) is 37.0 Å². The number of aliphatic hydroxyl groups is 1. The van der Waals surface area contributed by atoms with E-state index in [2.05, 4.69) is 0 Å². The van der Waals surface area contributed by atoms with Crippen LogP contribution in [0.15, 0.2) is 36.4 Å². The lowest BCUT2D eigenvalue weighted by Crippen LogP contribution is -2.20. The largest absolute Gasteiger partial charge is 0.497 e. The summed E-state index contributed by atoms with van der Waals surface area (Å²) in [5.74, 6) is 0.396. The molecule has 1 aromatic carbocycles. The highest BCUT2D eigenvalue weighted by atomic mass is 16.5. The van der Waals surface area contributed by atoms with Crippen molar-refractivity contribution in [3.8, 4) is 5.75 Å². The average Bonchev–Trinajstić information content (AvgIpc) is 2.52. The van der Waals surface area contributed by atoms with E-state index in [0.717, 1.165) is 11.3 Å². The van der Waals surface area contributed by atoms with E-state index in [4.69, 9.17) is 14.2 Å². The van der Waals surface area contributed by atoms with Crippen LogP contribution in [0.3, 0.4) is 0 Å². The maximum absolute atomic E-state index is 11.6. The second-order valence-corrected chi connectivity index (χ2v) is 5.27. The van der Waals surface area contributed by atoms with E-state index >= 15 is 0 Å². The lowest BCUT2D eigenvalue weighted by molar-refractivity contribution is -0.148. The summed E-state index contributed by atoms with van der Waals surface area (Å²) < 4.78 is 15.7. The molecule has 0 bridgehead atoms. The van der Waals surface area contributed by atoms with Crippen molar-refractivity contribution >= 4 is 5.97 Å². The number of carbonyl (C=O) groups excluding carboxylic acids is 1. The Morgan fingerprint density at radius 2 is 2.00 bits per heavy atom. The molecule has 0 heterocycles. The molecule has 2 atom stereocenters. The van der Waals surface area contributed by atoms with Crippen molar-refractivity contribution in [2.24, 2.45) is 0 Å². The number of methoxy groups -OCH3 is 1. The van der Waals surface area contributed by atoms with Crippen molar-refractivity contribution in [1.29, 1.82) is 0 Å². The predicted octanol–water partition coefficient (Wildman–Crippen LogP) is 2.86. The number of hydrogen-bond donors (Lipinski definition) is 1. The molecule has 0 saturated heterocycles. The molecule has 1 rings (SSSR count). The number of esters is 1. The molecule has 0 fully saturated rings. The SMILES string of the molecule is C/C=C/[C@H](C)OC(=O)C[C@H](O)CCOCc1ccc(OC)cc1. The summed E-state index contributed by atoms with van der Waals surface area (Å²) in [6.45, 7) is 4.48. The summed E-state index contributed by atoms with van der Waals surface area (Å²) in [5, 5.41) is 9.81. The van der Waals surface area contributed by atoms with Crippen LogP contribution in [0.4, 0.5) is 0 Å². The Morgan fingerprint density at radius 1 is 1.30 bits per heavy atom. The highest BCUT2D eigenvalue weighted by Gasteiger charge is 2.13. The number of allylic oxidation sites excluding steroid dienone is 1. The summed E-state index contributed by atoms with van der Waals surface area (Å²) in [6.07, 6.45) is 2.95. The number of carbonyl (C=O) groups is 1. The minimum absolute atomic E-state index is 0.0200. The molecule has 0 saturated carbocycles. The summed E-state index contributed by atoms with van der Waals surface area (Å²) in [7, 11) is 1.62. The third-order valence-corrected chi connectivity index (χ3v) is 3.21. The third-order valence-electron chi connectivity index (χ3n) is 3.21. The van der Waals surface area contributed by atoms with Crippen LogP contribution in [0.2, 0.25) is 0 Å². The second-order valence-electron chi connectivity index (χ2n) is 5.27. The first-order chi connectivity index (χ1) is 11.0. The topological polar surface area (TPSA) is 65.0 Å². The van der Waals surface area contributed by atoms with E-state index in [1.54, 1.807) is 20.1 Å². The van der Waals surface area contributed by atoms with Gasteiger partial charge < -0.3 is 19.3 Å². The van der Waals surface area contributed by atoms with Gasteiger partial charge in [0.05, 0.1) is 26.2 Å². The fourth-order valence-corrected chi connectivity index (χ4v) is 1.99. The van der Waals surface area contributed by atoms with Crippen LogP contribution in [0.5, 0.6) is 5.75 Å². The summed E-state index contributed by atoms with van der Waals surface area (Å²) >= 11 is 0. The van der Waals surface area contributed by atoms with Gasteiger partial charge in [-0.2, -0.15) is 0 Å². The molecule has 0 aliphatic rings. The van der Waals surface area contributed by atoms with Gasteiger partial charge in [0.1, 0.15) is 11.9 Å². The lowest BCUT2D eigenvalue weighted by Gasteiger charge is -2.13. The fraction of sp³-hybridized carbons (Fsp3) is 0.500. The van der Waals surface area contributed by atoms with Gasteiger partial charge in [-0.25, -0.2) is 0 Å². The standard InChI is InChI=1S/C18H26O5/c1-4-5-14(2)23-18(20)12-16(19)10-11-22-13-15-6-8-17(21-3)9-7-15/h4-9,14,16,19H,10-13H2,1-3H3/b5-4+/t14-,16+/m0/s1. The third kappa shape index (κ3) is 8.38. The van der Waals surface area contributed by atoms with Crippen molar-refractivity contribution in [3.05, 3.63) is 42.0 Å². The van der Waals surface area contributed by atoms with Gasteiger partial charge in [0, 0.05) is 6.61 Å². The summed E-state index contributed by atoms with van der Waals surface area (Å²) in [4.78, 5) is 11.6. The second kappa shape index (κ2) is 10.8. The van der Waals surface area contributed by atoms with Gasteiger partial charge in [-0.15, -0.1) is 0 Å². The Hall–Kier alpha value is -1.85. The van der Waals surface area contributed by atoms with E-state index in [1.807, 2.05) is 37.3 Å². The van der Waals surface area contributed by atoms with Crippen LogP contribution in [0.1, 0.15) is 32.3 Å². The molecule has 0 spiro atoms. The number of benzene rings is 1. The van der Waals surface area contributed by atoms with Crippen LogP contribution >= 0.6 is 0 Å². The molecular weight excluding hydrogens is 296 g/mol. The van der Waals surface area contributed by atoms with Gasteiger partial charge in [0.2, 0.25) is 0 Å². The summed E-state index contributed by atoms with van der Waals surface area (Å²) in [6, 6.07) is 7.59. The van der Waals surface area contributed by atoms with E-state index in [-0.39, 0.29) is 12.5 Å². The highest BCUT2D eigenvalue weighted by molar-refractivity contribution is 5.70. The Balaban J connectivity index is 2.17. The molecular formula is C18H26O5. The lowest BCUT2D eigenvalue weighted by atomic mass is 10.2. The van der Waals surface area contributed by atoms with Gasteiger partial charge >= 0.3 is 5.97 Å². The molecule has 5 nitrogen and oxygen atoms in total. The zero-order valence-electron chi connectivity index (χ0n) is 14.0. The number of rotatable bonds is 10. The fourth-order valence-electron chi connectivity index (χ4n) is 1.99. The van der Waals surface area contributed by atoms with Crippen molar-refractivity contribution in [3.63, 3.8) is 0 Å². The quantitative estimate of drug-likeness (QED) is 0.408. The molecule has 5 heteroatoms. The van der Waals surface area contributed by atoms with Gasteiger partial charge in [-0.3, -0.25) is 4.79 Å². The molecule has 23 heavy (non-hydrogen) atoms. The molecule has 0 unspecified atom stereocenters. The Bertz CT molecular complexity index is 481. The minimum Gasteiger partial charge on any atom is -0.497 e. The maximum atomic E-state index is 11.6. The Labute approximate surface area is 137 Å².